The number of hydrogen-bond acceptors (Lipinski definition) is 4. The number of carboxylic acid groups (broad SMARTS) is 1. The van der Waals surface area contributed by atoms with Crippen molar-refractivity contribution in [1.29, 1.82) is 0 Å². The highest BCUT2D eigenvalue weighted by atomic mass is 16.4. The van der Waals surface area contributed by atoms with Crippen molar-refractivity contribution in [3.63, 3.8) is 0 Å². The standard InChI is InChI=1S/C14H19N3O4/c1-9-3-5-17(8-12(9)18)14(21)16-7-11-6-10(13(19)20)2-4-15-11/h2,4,6,9,12,18H,3,5,7-8H2,1H3,(H,16,21)(H,19,20). The number of aromatic nitrogens is 1. The topological polar surface area (TPSA) is 103 Å². The molecule has 2 amide bonds. The van der Waals surface area contributed by atoms with Crippen LogP contribution in [0.3, 0.4) is 0 Å². The van der Waals surface area contributed by atoms with E-state index < -0.39 is 12.1 Å². The summed E-state index contributed by atoms with van der Waals surface area (Å²) in [4.78, 5) is 28.4. The molecule has 1 aromatic heterocycles. The summed E-state index contributed by atoms with van der Waals surface area (Å²) < 4.78 is 0. The van der Waals surface area contributed by atoms with Crippen LogP contribution in [0.15, 0.2) is 18.3 Å². The lowest BCUT2D eigenvalue weighted by atomic mass is 9.96. The number of nitrogens with one attached hydrogen (secondary N) is 1. The molecule has 2 atom stereocenters. The van der Waals surface area contributed by atoms with Gasteiger partial charge in [-0.15, -0.1) is 0 Å². The van der Waals surface area contributed by atoms with E-state index >= 15 is 0 Å². The van der Waals surface area contributed by atoms with Gasteiger partial charge in [-0.25, -0.2) is 9.59 Å². The Morgan fingerprint density at radius 1 is 1.52 bits per heavy atom. The van der Waals surface area contributed by atoms with E-state index in [4.69, 9.17) is 5.11 Å². The first-order chi connectivity index (χ1) is 9.97. The number of piperidine rings is 1. The maximum Gasteiger partial charge on any atom is 0.335 e. The quantitative estimate of drug-likeness (QED) is 0.761. The van der Waals surface area contributed by atoms with Gasteiger partial charge >= 0.3 is 12.0 Å². The van der Waals surface area contributed by atoms with Crippen molar-refractivity contribution in [2.75, 3.05) is 13.1 Å². The first kappa shape index (κ1) is 15.2. The molecular formula is C14H19N3O4. The summed E-state index contributed by atoms with van der Waals surface area (Å²) in [6.45, 7) is 3.03. The molecule has 0 aliphatic carbocycles. The highest BCUT2D eigenvalue weighted by Crippen LogP contribution is 2.16. The number of aliphatic hydroxyl groups excluding tert-OH is 1. The van der Waals surface area contributed by atoms with Crippen molar-refractivity contribution >= 4 is 12.0 Å². The maximum absolute atomic E-state index is 12.0. The molecule has 1 aromatic rings. The zero-order chi connectivity index (χ0) is 15.4. The van der Waals surface area contributed by atoms with Crippen molar-refractivity contribution in [2.24, 2.45) is 5.92 Å². The molecule has 2 heterocycles. The van der Waals surface area contributed by atoms with Crippen LogP contribution in [-0.2, 0) is 6.54 Å². The van der Waals surface area contributed by atoms with Gasteiger partial charge in [-0.05, 0) is 24.5 Å². The van der Waals surface area contributed by atoms with Crippen molar-refractivity contribution in [3.8, 4) is 0 Å². The molecule has 1 aliphatic rings. The van der Waals surface area contributed by atoms with Crippen LogP contribution < -0.4 is 5.32 Å². The largest absolute Gasteiger partial charge is 0.478 e. The predicted molar refractivity (Wildman–Crippen MR) is 74.8 cm³/mol. The molecule has 7 heteroatoms. The second-order valence-electron chi connectivity index (χ2n) is 5.28. The van der Waals surface area contributed by atoms with Gasteiger partial charge in [0.1, 0.15) is 0 Å². The lowest BCUT2D eigenvalue weighted by Crippen LogP contribution is -2.49. The number of pyridine rings is 1. The molecular weight excluding hydrogens is 274 g/mol. The number of rotatable bonds is 3. The van der Waals surface area contributed by atoms with Gasteiger partial charge in [0.2, 0.25) is 0 Å². The number of amides is 2. The molecule has 0 spiro atoms. The van der Waals surface area contributed by atoms with Crippen molar-refractivity contribution < 1.29 is 19.8 Å². The lowest BCUT2D eigenvalue weighted by Gasteiger charge is -2.34. The molecule has 0 saturated carbocycles. The molecule has 3 N–H and O–H groups in total. The smallest absolute Gasteiger partial charge is 0.335 e. The fraction of sp³-hybridized carbons (Fsp3) is 0.500. The van der Waals surface area contributed by atoms with Crippen molar-refractivity contribution in [2.45, 2.75) is 26.0 Å². The fourth-order valence-corrected chi connectivity index (χ4v) is 2.22. The number of urea groups is 1. The zero-order valence-corrected chi connectivity index (χ0v) is 11.8. The molecule has 2 unspecified atom stereocenters. The Hall–Kier alpha value is -2.15. The van der Waals surface area contributed by atoms with Gasteiger partial charge in [0, 0.05) is 19.3 Å². The summed E-state index contributed by atoms with van der Waals surface area (Å²) in [7, 11) is 0. The van der Waals surface area contributed by atoms with E-state index in [1.807, 2.05) is 6.92 Å². The second kappa shape index (κ2) is 6.53. The number of hydrogen-bond donors (Lipinski definition) is 3. The summed E-state index contributed by atoms with van der Waals surface area (Å²) in [5, 5.41) is 21.4. The molecule has 1 fully saturated rings. The Morgan fingerprint density at radius 3 is 2.95 bits per heavy atom. The van der Waals surface area contributed by atoms with E-state index in [0.717, 1.165) is 6.42 Å². The molecule has 1 saturated heterocycles. The number of likely N-dealkylation sites (tertiary alicyclic amines) is 1. The Kier molecular flexibility index (Phi) is 4.74. The third-order valence-corrected chi connectivity index (χ3v) is 3.69. The number of nitrogens with zero attached hydrogens (tertiary/aromatic N) is 2. The third kappa shape index (κ3) is 3.91. The van der Waals surface area contributed by atoms with Crippen LogP contribution in [0, 0.1) is 5.92 Å². The van der Waals surface area contributed by atoms with Gasteiger partial charge in [0.15, 0.2) is 0 Å². The van der Waals surface area contributed by atoms with Crippen LogP contribution in [0.1, 0.15) is 29.4 Å². The van der Waals surface area contributed by atoms with Crippen LogP contribution in [0.2, 0.25) is 0 Å². The first-order valence-corrected chi connectivity index (χ1v) is 6.86. The molecule has 2 rings (SSSR count). The number of carbonyl (C=O) groups is 2. The lowest BCUT2D eigenvalue weighted by molar-refractivity contribution is 0.0435. The Labute approximate surface area is 122 Å². The summed E-state index contributed by atoms with van der Waals surface area (Å²) in [6.07, 6.45) is 1.66. The minimum Gasteiger partial charge on any atom is -0.478 e. The molecule has 0 aromatic carbocycles. The van der Waals surface area contributed by atoms with Crippen LogP contribution in [0.4, 0.5) is 4.79 Å². The van der Waals surface area contributed by atoms with Gasteiger partial charge in [0.25, 0.3) is 0 Å². The molecule has 1 aliphatic heterocycles. The summed E-state index contributed by atoms with van der Waals surface area (Å²) >= 11 is 0. The van der Waals surface area contributed by atoms with Crippen molar-refractivity contribution in [3.05, 3.63) is 29.6 Å². The van der Waals surface area contributed by atoms with Gasteiger partial charge in [-0.2, -0.15) is 0 Å². The van der Waals surface area contributed by atoms with Crippen LogP contribution >= 0.6 is 0 Å². The van der Waals surface area contributed by atoms with E-state index in [-0.39, 0.29) is 24.1 Å². The first-order valence-electron chi connectivity index (χ1n) is 6.86. The van der Waals surface area contributed by atoms with Gasteiger partial charge < -0.3 is 20.4 Å². The zero-order valence-electron chi connectivity index (χ0n) is 11.8. The van der Waals surface area contributed by atoms with E-state index in [9.17, 15) is 14.7 Å². The molecule has 21 heavy (non-hydrogen) atoms. The number of β-amino-alcohol motifs (C(OH)–C–C–N with tert-alkyl or cyclic N) is 1. The molecule has 7 nitrogen and oxygen atoms in total. The average Bonchev–Trinajstić information content (AvgIpc) is 2.48. The van der Waals surface area contributed by atoms with Crippen molar-refractivity contribution in [1.82, 2.24) is 15.2 Å². The normalized spacial score (nSPS) is 21.9. The van der Waals surface area contributed by atoms with Gasteiger partial charge in [0.05, 0.1) is 23.9 Å². The Bertz CT molecular complexity index is 535. The van der Waals surface area contributed by atoms with E-state index in [2.05, 4.69) is 10.3 Å². The van der Waals surface area contributed by atoms with Gasteiger partial charge in [-0.1, -0.05) is 6.92 Å². The number of aromatic carboxylic acids is 1. The average molecular weight is 293 g/mol. The minimum atomic E-state index is -1.03. The maximum atomic E-state index is 12.0. The number of carbonyl (C=O) groups excluding carboxylic acids is 1. The monoisotopic (exact) mass is 293 g/mol. The highest BCUT2D eigenvalue weighted by molar-refractivity contribution is 5.87. The summed E-state index contributed by atoms with van der Waals surface area (Å²) in [6, 6.07) is 2.55. The molecule has 0 bridgehead atoms. The van der Waals surface area contributed by atoms with E-state index in [1.54, 1.807) is 4.90 Å². The Morgan fingerprint density at radius 2 is 2.29 bits per heavy atom. The van der Waals surface area contributed by atoms with Crippen LogP contribution in [0.5, 0.6) is 0 Å². The predicted octanol–water partition coefficient (Wildman–Crippen LogP) is 0.692. The third-order valence-electron chi connectivity index (χ3n) is 3.69. The minimum absolute atomic E-state index is 0.136. The summed E-state index contributed by atoms with van der Waals surface area (Å²) in [5.74, 6) is -0.832. The number of aliphatic hydroxyl groups is 1. The number of carboxylic acids is 1. The Balaban J connectivity index is 1.89. The molecule has 0 radical (unpaired) electrons. The van der Waals surface area contributed by atoms with E-state index in [0.29, 0.717) is 18.8 Å². The second-order valence-corrected chi connectivity index (χ2v) is 5.28. The SMILES string of the molecule is CC1CCN(C(=O)NCc2cc(C(=O)O)ccn2)CC1O. The van der Waals surface area contributed by atoms with Gasteiger partial charge in [-0.3, -0.25) is 4.98 Å². The highest BCUT2D eigenvalue weighted by Gasteiger charge is 2.27. The van der Waals surface area contributed by atoms with E-state index in [1.165, 1.54) is 18.3 Å². The fourth-order valence-electron chi connectivity index (χ4n) is 2.22. The molecule has 114 valence electrons. The van der Waals surface area contributed by atoms with Crippen LogP contribution in [-0.4, -0.2) is 51.3 Å². The van der Waals surface area contributed by atoms with Crippen LogP contribution in [0.25, 0.3) is 0 Å². The summed E-state index contributed by atoms with van der Waals surface area (Å²) in [5.41, 5.74) is 0.616.